The van der Waals surface area contributed by atoms with Crippen LogP contribution in [0.1, 0.15) is 13.3 Å². The molecule has 2 heteroatoms. The van der Waals surface area contributed by atoms with Gasteiger partial charge in [-0.25, -0.2) is 0 Å². The first-order valence-corrected chi connectivity index (χ1v) is 4.85. The molecule has 0 bridgehead atoms. The predicted molar refractivity (Wildman–Crippen MR) is 56.7 cm³/mol. The molecular formula is C12H13NO. The number of carbonyl (C=O) groups excluding carboxylic acids is 1. The highest BCUT2D eigenvalue weighted by atomic mass is 16.1. The molecule has 1 N–H and O–H groups in total. The van der Waals surface area contributed by atoms with Crippen molar-refractivity contribution in [2.45, 2.75) is 13.3 Å². The fraction of sp³-hybridized carbons (Fsp3) is 0.250. The Bertz CT molecular complexity index is 383. The Labute approximate surface area is 83.7 Å². The van der Waals surface area contributed by atoms with Gasteiger partial charge in [0.2, 0.25) is 0 Å². The summed E-state index contributed by atoms with van der Waals surface area (Å²) in [5.41, 5.74) is 2.86. The maximum Gasteiger partial charge on any atom is 0.167 e. The van der Waals surface area contributed by atoms with Crippen molar-refractivity contribution < 1.29 is 4.79 Å². The van der Waals surface area contributed by atoms with Gasteiger partial charge in [-0.05, 0) is 18.6 Å². The molecule has 1 heterocycles. The molecule has 0 amide bonds. The molecule has 0 saturated carbocycles. The average molecular weight is 187 g/mol. The third-order valence-corrected chi connectivity index (χ3v) is 2.40. The average Bonchev–Trinajstić information content (AvgIpc) is 2.59. The molecule has 0 aromatic heterocycles. The first kappa shape index (κ1) is 9.00. The summed E-state index contributed by atoms with van der Waals surface area (Å²) in [6.07, 6.45) is 10.5. The van der Waals surface area contributed by atoms with Crippen molar-refractivity contribution >= 4 is 5.78 Å². The van der Waals surface area contributed by atoms with E-state index in [1.165, 1.54) is 0 Å². The van der Waals surface area contributed by atoms with E-state index >= 15 is 0 Å². The lowest BCUT2D eigenvalue weighted by atomic mass is 9.99. The van der Waals surface area contributed by atoms with Gasteiger partial charge in [0.15, 0.2) is 5.78 Å². The summed E-state index contributed by atoms with van der Waals surface area (Å²) in [6.45, 7) is 2.73. The van der Waals surface area contributed by atoms with E-state index in [0.29, 0.717) is 6.42 Å². The number of nitrogens with one attached hydrogen (secondary N) is 1. The first-order valence-electron chi connectivity index (χ1n) is 4.85. The van der Waals surface area contributed by atoms with Crippen LogP contribution in [-0.4, -0.2) is 12.3 Å². The van der Waals surface area contributed by atoms with Crippen LogP contribution >= 0.6 is 0 Å². The van der Waals surface area contributed by atoms with Crippen LogP contribution in [0.2, 0.25) is 0 Å². The number of hydrogen-bond acceptors (Lipinski definition) is 2. The van der Waals surface area contributed by atoms with Gasteiger partial charge >= 0.3 is 0 Å². The molecule has 0 saturated heterocycles. The predicted octanol–water partition coefficient (Wildman–Crippen LogP) is 1.88. The van der Waals surface area contributed by atoms with Gasteiger partial charge in [-0.1, -0.05) is 24.3 Å². The SMILES string of the molecule is C/C=C/C=C1\C=CC2=C1C(=O)CCN2. The molecular weight excluding hydrogens is 174 g/mol. The molecule has 0 radical (unpaired) electrons. The molecule has 0 aromatic rings. The standard InChI is InChI=1S/C12H13NO/c1-2-3-4-9-5-6-10-12(9)11(14)7-8-13-10/h2-6,13H,7-8H2,1H3/b3-2+,9-4+. The van der Waals surface area contributed by atoms with Crippen molar-refractivity contribution in [3.63, 3.8) is 0 Å². The van der Waals surface area contributed by atoms with Crippen LogP contribution in [0.4, 0.5) is 0 Å². The van der Waals surface area contributed by atoms with Crippen molar-refractivity contribution in [1.82, 2.24) is 5.32 Å². The molecule has 0 atom stereocenters. The Morgan fingerprint density at radius 1 is 1.43 bits per heavy atom. The van der Waals surface area contributed by atoms with Crippen LogP contribution in [0.25, 0.3) is 0 Å². The highest BCUT2D eigenvalue weighted by Gasteiger charge is 2.23. The van der Waals surface area contributed by atoms with Crippen LogP contribution in [0.3, 0.4) is 0 Å². The number of ketones is 1. The Kier molecular flexibility index (Phi) is 2.35. The Balaban J connectivity index is 2.36. The van der Waals surface area contributed by atoms with E-state index in [4.69, 9.17) is 0 Å². The molecule has 0 fully saturated rings. The lowest BCUT2D eigenvalue weighted by Crippen LogP contribution is -2.25. The number of allylic oxidation sites excluding steroid dienone is 7. The zero-order chi connectivity index (χ0) is 9.97. The first-order chi connectivity index (χ1) is 6.83. The quantitative estimate of drug-likeness (QED) is 0.679. The van der Waals surface area contributed by atoms with Crippen LogP contribution in [-0.2, 0) is 4.79 Å². The highest BCUT2D eigenvalue weighted by Crippen LogP contribution is 2.27. The van der Waals surface area contributed by atoms with Crippen molar-refractivity contribution in [3.05, 3.63) is 47.2 Å². The van der Waals surface area contributed by atoms with Gasteiger partial charge in [0.25, 0.3) is 0 Å². The van der Waals surface area contributed by atoms with Gasteiger partial charge in [-0.2, -0.15) is 0 Å². The summed E-state index contributed by atoms with van der Waals surface area (Å²) in [5.74, 6) is 0.250. The fourth-order valence-electron chi connectivity index (χ4n) is 1.73. The summed E-state index contributed by atoms with van der Waals surface area (Å²) in [5, 5.41) is 3.22. The maximum absolute atomic E-state index is 11.6. The molecule has 2 nitrogen and oxygen atoms in total. The molecule has 0 aromatic carbocycles. The van der Waals surface area contributed by atoms with Crippen molar-refractivity contribution in [1.29, 1.82) is 0 Å². The molecule has 2 rings (SSSR count). The maximum atomic E-state index is 11.6. The summed E-state index contributed by atoms with van der Waals surface area (Å²) in [6, 6.07) is 0. The third kappa shape index (κ3) is 1.43. The minimum absolute atomic E-state index is 0.250. The number of rotatable bonds is 1. The van der Waals surface area contributed by atoms with Gasteiger partial charge in [-0.15, -0.1) is 0 Å². The molecule has 0 spiro atoms. The topological polar surface area (TPSA) is 29.1 Å². The largest absolute Gasteiger partial charge is 0.384 e. The second-order valence-electron chi connectivity index (χ2n) is 3.37. The van der Waals surface area contributed by atoms with Crippen molar-refractivity contribution in [2.75, 3.05) is 6.54 Å². The lowest BCUT2D eigenvalue weighted by molar-refractivity contribution is -0.115. The smallest absolute Gasteiger partial charge is 0.167 e. The Morgan fingerprint density at radius 2 is 2.29 bits per heavy atom. The molecule has 1 aliphatic carbocycles. The number of hydrogen-bond donors (Lipinski definition) is 1. The van der Waals surface area contributed by atoms with Crippen LogP contribution < -0.4 is 5.32 Å². The van der Waals surface area contributed by atoms with Gasteiger partial charge in [-0.3, -0.25) is 4.79 Å². The van der Waals surface area contributed by atoms with Gasteiger partial charge in [0.1, 0.15) is 0 Å². The molecule has 72 valence electrons. The van der Waals surface area contributed by atoms with Gasteiger partial charge in [0.05, 0.1) is 0 Å². The highest BCUT2D eigenvalue weighted by molar-refractivity contribution is 6.03. The minimum Gasteiger partial charge on any atom is -0.384 e. The van der Waals surface area contributed by atoms with Crippen molar-refractivity contribution in [3.8, 4) is 0 Å². The lowest BCUT2D eigenvalue weighted by Gasteiger charge is -2.15. The fourth-order valence-corrected chi connectivity index (χ4v) is 1.73. The van der Waals surface area contributed by atoms with Crippen molar-refractivity contribution in [2.24, 2.45) is 0 Å². The zero-order valence-corrected chi connectivity index (χ0v) is 8.21. The summed E-state index contributed by atoms with van der Waals surface area (Å²) < 4.78 is 0. The van der Waals surface area contributed by atoms with Crippen LogP contribution in [0.5, 0.6) is 0 Å². The minimum atomic E-state index is 0.250. The summed E-state index contributed by atoms with van der Waals surface area (Å²) >= 11 is 0. The van der Waals surface area contributed by atoms with E-state index in [1.807, 2.05) is 37.3 Å². The summed E-state index contributed by atoms with van der Waals surface area (Å²) in [7, 11) is 0. The monoisotopic (exact) mass is 187 g/mol. The Morgan fingerprint density at radius 3 is 3.07 bits per heavy atom. The normalized spacial score (nSPS) is 23.5. The van der Waals surface area contributed by atoms with E-state index < -0.39 is 0 Å². The van der Waals surface area contributed by atoms with Crippen LogP contribution in [0.15, 0.2) is 47.2 Å². The third-order valence-electron chi connectivity index (χ3n) is 2.40. The molecule has 2 aliphatic rings. The number of Topliss-reactive ketones (excluding diaryl/α,β-unsaturated/α-hetero) is 1. The van der Waals surface area contributed by atoms with Crippen LogP contribution in [0, 0.1) is 0 Å². The van der Waals surface area contributed by atoms with E-state index in [0.717, 1.165) is 23.4 Å². The van der Waals surface area contributed by atoms with E-state index in [-0.39, 0.29) is 5.78 Å². The van der Waals surface area contributed by atoms with Gasteiger partial charge in [0, 0.05) is 24.2 Å². The van der Waals surface area contributed by atoms with Gasteiger partial charge < -0.3 is 5.32 Å². The molecule has 1 aliphatic heterocycles. The van der Waals surface area contributed by atoms with E-state index in [1.54, 1.807) is 0 Å². The molecule has 14 heavy (non-hydrogen) atoms. The van der Waals surface area contributed by atoms with E-state index in [2.05, 4.69) is 5.32 Å². The second-order valence-corrected chi connectivity index (χ2v) is 3.37. The summed E-state index contributed by atoms with van der Waals surface area (Å²) in [4.78, 5) is 11.6. The van der Waals surface area contributed by atoms with E-state index in [9.17, 15) is 4.79 Å². The second kappa shape index (κ2) is 3.66. The Hall–Kier alpha value is -1.57. The number of carbonyl (C=O) groups is 1. The molecule has 0 unspecified atom stereocenters. The zero-order valence-electron chi connectivity index (χ0n) is 8.21.